The van der Waals surface area contributed by atoms with E-state index in [4.69, 9.17) is 21.6 Å². The Hall–Kier alpha value is -0.915. The Morgan fingerprint density at radius 2 is 1.87 bits per heavy atom. The smallest absolute Gasteiger partial charge is 0.511 e. The lowest BCUT2D eigenvalue weighted by Crippen LogP contribution is -2.22. The second-order valence-corrected chi connectivity index (χ2v) is 2.96. The van der Waals surface area contributed by atoms with Crippen molar-refractivity contribution in [3.8, 4) is 5.75 Å². The second kappa shape index (κ2) is 4.30. The highest BCUT2D eigenvalue weighted by atomic mass is 35.5. The third kappa shape index (κ3) is 3.02. The SMILES string of the molecule is OB(O)Oc1cccc(Cl)c1C(F)(F)F. The van der Waals surface area contributed by atoms with Crippen molar-refractivity contribution < 1.29 is 27.9 Å². The summed E-state index contributed by atoms with van der Waals surface area (Å²) < 4.78 is 41.5. The summed E-state index contributed by atoms with van der Waals surface area (Å²) in [4.78, 5) is 0. The maximum absolute atomic E-state index is 12.4. The molecule has 0 bridgehead atoms. The van der Waals surface area contributed by atoms with Gasteiger partial charge in [0.05, 0.1) is 5.02 Å². The molecule has 0 aliphatic heterocycles. The molecule has 1 rings (SSSR count). The van der Waals surface area contributed by atoms with E-state index in [1.165, 1.54) is 6.07 Å². The second-order valence-electron chi connectivity index (χ2n) is 2.55. The Bertz CT molecular complexity index is 356. The number of hydrogen-bond acceptors (Lipinski definition) is 3. The molecule has 0 aliphatic rings. The average Bonchev–Trinajstić information content (AvgIpc) is 1.99. The topological polar surface area (TPSA) is 49.7 Å². The van der Waals surface area contributed by atoms with Crippen molar-refractivity contribution in [2.45, 2.75) is 6.18 Å². The highest BCUT2D eigenvalue weighted by molar-refractivity contribution is 6.34. The molecule has 0 heterocycles. The molecule has 8 heteroatoms. The average molecular weight is 240 g/mol. The molecule has 0 fully saturated rings. The Balaban J connectivity index is 3.21. The minimum Gasteiger partial charge on any atom is -0.511 e. The van der Waals surface area contributed by atoms with Gasteiger partial charge in [-0.05, 0) is 12.1 Å². The molecule has 1 aromatic carbocycles. The fourth-order valence-corrected chi connectivity index (χ4v) is 1.26. The minimum atomic E-state index is -4.72. The molecule has 0 spiro atoms. The first-order chi connectivity index (χ1) is 6.82. The number of alkyl halides is 3. The summed E-state index contributed by atoms with van der Waals surface area (Å²) in [5, 5.41) is 16.3. The Morgan fingerprint density at radius 1 is 1.27 bits per heavy atom. The first-order valence-corrected chi connectivity index (χ1v) is 4.08. The summed E-state index contributed by atoms with van der Waals surface area (Å²) in [5.74, 6) is -0.731. The molecule has 0 amide bonds. The van der Waals surface area contributed by atoms with Gasteiger partial charge in [0, 0.05) is 0 Å². The standard InChI is InChI=1S/C7H5BClF3O3/c9-4-2-1-3-5(15-8(13)14)6(4)7(10,11)12/h1-3,13-14H. The van der Waals surface area contributed by atoms with Crippen molar-refractivity contribution in [2.75, 3.05) is 0 Å². The van der Waals surface area contributed by atoms with Gasteiger partial charge in [-0.1, -0.05) is 17.7 Å². The largest absolute Gasteiger partial charge is 0.707 e. The molecular formula is C7H5BClF3O3. The molecule has 2 N–H and O–H groups in total. The Labute approximate surface area is 88.2 Å². The van der Waals surface area contributed by atoms with Gasteiger partial charge in [0.1, 0.15) is 11.3 Å². The number of hydrogen-bond donors (Lipinski definition) is 2. The predicted molar refractivity (Wildman–Crippen MR) is 47.3 cm³/mol. The van der Waals surface area contributed by atoms with Gasteiger partial charge in [-0.3, -0.25) is 0 Å². The van der Waals surface area contributed by atoms with Crippen LogP contribution in [0.3, 0.4) is 0 Å². The molecule has 0 unspecified atom stereocenters. The van der Waals surface area contributed by atoms with Gasteiger partial charge >= 0.3 is 13.5 Å². The van der Waals surface area contributed by atoms with E-state index in [2.05, 4.69) is 4.65 Å². The molecule has 0 saturated carbocycles. The van der Waals surface area contributed by atoms with Gasteiger partial charge in [-0.25, -0.2) is 0 Å². The third-order valence-electron chi connectivity index (χ3n) is 1.49. The molecule has 0 aliphatic carbocycles. The van der Waals surface area contributed by atoms with E-state index < -0.39 is 29.8 Å². The van der Waals surface area contributed by atoms with Gasteiger partial charge in [0.25, 0.3) is 0 Å². The zero-order valence-electron chi connectivity index (χ0n) is 7.12. The first kappa shape index (κ1) is 12.2. The minimum absolute atomic E-state index is 0.569. The molecule has 1 aromatic rings. The van der Waals surface area contributed by atoms with E-state index in [9.17, 15) is 13.2 Å². The Morgan fingerprint density at radius 3 is 2.33 bits per heavy atom. The number of benzene rings is 1. The van der Waals surface area contributed by atoms with E-state index in [-0.39, 0.29) is 0 Å². The quantitative estimate of drug-likeness (QED) is 0.774. The summed E-state index contributed by atoms with van der Waals surface area (Å²) in [6, 6.07) is 3.17. The van der Waals surface area contributed by atoms with E-state index in [1.807, 2.05) is 0 Å². The van der Waals surface area contributed by atoms with Crippen molar-refractivity contribution >= 4 is 18.9 Å². The van der Waals surface area contributed by atoms with E-state index >= 15 is 0 Å². The molecule has 0 radical (unpaired) electrons. The normalized spacial score (nSPS) is 11.3. The van der Waals surface area contributed by atoms with E-state index in [0.29, 0.717) is 0 Å². The first-order valence-electron chi connectivity index (χ1n) is 3.71. The van der Waals surface area contributed by atoms with Crippen LogP contribution in [0, 0.1) is 0 Å². The van der Waals surface area contributed by atoms with Crippen molar-refractivity contribution in [1.82, 2.24) is 0 Å². The highest BCUT2D eigenvalue weighted by Crippen LogP contribution is 2.40. The number of halogens is 4. The van der Waals surface area contributed by atoms with Gasteiger partial charge in [-0.15, -0.1) is 0 Å². The van der Waals surface area contributed by atoms with Crippen LogP contribution in [0.5, 0.6) is 5.75 Å². The highest BCUT2D eigenvalue weighted by Gasteiger charge is 2.37. The fraction of sp³-hybridized carbons (Fsp3) is 0.143. The summed E-state index contributed by atoms with van der Waals surface area (Å²) in [7, 11) is -2.33. The van der Waals surface area contributed by atoms with E-state index in [0.717, 1.165) is 12.1 Å². The van der Waals surface area contributed by atoms with Crippen LogP contribution in [-0.4, -0.2) is 17.4 Å². The molecule has 0 saturated heterocycles. The maximum atomic E-state index is 12.4. The van der Waals surface area contributed by atoms with Crippen molar-refractivity contribution in [3.05, 3.63) is 28.8 Å². The predicted octanol–water partition coefficient (Wildman–Crippen LogP) is 1.71. The van der Waals surface area contributed by atoms with Gasteiger partial charge < -0.3 is 14.7 Å². The molecule has 3 nitrogen and oxygen atoms in total. The van der Waals surface area contributed by atoms with Gasteiger partial charge in [0.2, 0.25) is 0 Å². The lowest BCUT2D eigenvalue weighted by Gasteiger charge is -2.14. The van der Waals surface area contributed by atoms with Crippen LogP contribution in [0.4, 0.5) is 13.2 Å². The monoisotopic (exact) mass is 240 g/mol. The molecular weight excluding hydrogens is 235 g/mol. The van der Waals surface area contributed by atoms with E-state index in [1.54, 1.807) is 0 Å². The maximum Gasteiger partial charge on any atom is 0.707 e. The fourth-order valence-electron chi connectivity index (χ4n) is 0.991. The van der Waals surface area contributed by atoms with Crippen LogP contribution in [0.15, 0.2) is 18.2 Å². The van der Waals surface area contributed by atoms with Crippen LogP contribution >= 0.6 is 11.6 Å². The molecule has 82 valence electrons. The van der Waals surface area contributed by atoms with Crippen molar-refractivity contribution in [1.29, 1.82) is 0 Å². The lowest BCUT2D eigenvalue weighted by molar-refractivity contribution is -0.138. The Kier molecular flexibility index (Phi) is 3.48. The lowest BCUT2D eigenvalue weighted by atomic mass is 10.1. The van der Waals surface area contributed by atoms with Gasteiger partial charge in [0.15, 0.2) is 0 Å². The van der Waals surface area contributed by atoms with Crippen LogP contribution in [0.25, 0.3) is 0 Å². The van der Waals surface area contributed by atoms with Crippen LogP contribution in [-0.2, 0) is 6.18 Å². The van der Waals surface area contributed by atoms with Crippen LogP contribution in [0.2, 0.25) is 5.02 Å². The van der Waals surface area contributed by atoms with Crippen LogP contribution < -0.4 is 4.65 Å². The van der Waals surface area contributed by atoms with Crippen molar-refractivity contribution in [2.24, 2.45) is 0 Å². The zero-order valence-corrected chi connectivity index (χ0v) is 7.88. The molecule has 15 heavy (non-hydrogen) atoms. The van der Waals surface area contributed by atoms with Gasteiger partial charge in [-0.2, -0.15) is 13.2 Å². The summed E-state index contributed by atoms with van der Waals surface area (Å²) in [5.41, 5.74) is -1.24. The third-order valence-corrected chi connectivity index (χ3v) is 1.81. The molecule has 0 atom stereocenters. The summed E-state index contributed by atoms with van der Waals surface area (Å²) >= 11 is 5.33. The number of rotatable bonds is 2. The summed E-state index contributed by atoms with van der Waals surface area (Å²) in [6.07, 6.45) is -4.72. The molecule has 0 aromatic heterocycles. The zero-order chi connectivity index (χ0) is 11.6. The van der Waals surface area contributed by atoms with Crippen LogP contribution in [0.1, 0.15) is 5.56 Å². The summed E-state index contributed by atoms with van der Waals surface area (Å²) in [6.45, 7) is 0. The van der Waals surface area contributed by atoms with Crippen molar-refractivity contribution in [3.63, 3.8) is 0 Å².